The van der Waals surface area contributed by atoms with Crippen LogP contribution in [0.25, 0.3) is 22.3 Å². The molecule has 3 fully saturated rings. The standard InChI is InChI=1S/C20H24N10O12P2S/c21-13-7-14(24-2-23-13)29(3-25-7)17-10(32)12-19(40-17)37-5-43(34,35)41-11-9(31)6(1-38-44(36,45)42-12)39-18(11)30-4-26-8-15(30)27-20(22)28-16(8)33/h2-4,6,9-12,17-19,31-32H,1,5H2,(H,34,35)(H,36,45)(H2,21,23,24)(H3,22,27,28,33)/t6-,9?,10+,11+,12?,17-,18-,19+,44?/m1/s1. The van der Waals surface area contributed by atoms with Gasteiger partial charge in [0, 0.05) is 0 Å². The van der Waals surface area contributed by atoms with Crippen molar-refractivity contribution >= 4 is 60.2 Å². The van der Waals surface area contributed by atoms with Gasteiger partial charge in [0.25, 0.3) is 5.56 Å². The summed E-state index contributed by atoms with van der Waals surface area (Å²) in [4.78, 5) is 56.5. The molecule has 0 saturated carbocycles. The minimum Gasteiger partial charge on any atom is -0.387 e. The molecule has 7 heterocycles. The molecule has 10 atom stereocenters. The molecule has 4 aromatic heterocycles. The Kier molecular flexibility index (Phi) is 7.52. The first-order valence-electron chi connectivity index (χ1n) is 12.9. The van der Waals surface area contributed by atoms with Crippen LogP contribution >= 0.6 is 14.3 Å². The van der Waals surface area contributed by atoms with Gasteiger partial charge in [-0.3, -0.25) is 32.5 Å². The average Bonchev–Trinajstić information content (AvgIpc) is 3.72. The lowest BCUT2D eigenvalue weighted by Gasteiger charge is -2.27. The first-order chi connectivity index (χ1) is 21.3. The first-order valence-corrected chi connectivity index (χ1v) is 17.3. The summed E-state index contributed by atoms with van der Waals surface area (Å²) in [7, 11) is -4.78. The summed E-state index contributed by atoms with van der Waals surface area (Å²) >= 11 is 5.16. The third kappa shape index (κ3) is 5.44. The molecule has 4 unspecified atom stereocenters. The molecule has 3 aliphatic heterocycles. The Morgan fingerprint density at radius 1 is 0.956 bits per heavy atom. The molecule has 3 aliphatic rings. The smallest absolute Gasteiger partial charge is 0.354 e. The number of nitrogens with one attached hydrogen (secondary N) is 1. The maximum Gasteiger partial charge on any atom is 0.354 e. The number of nitrogens with two attached hydrogens (primary N) is 2. The number of hydrogen-bond acceptors (Lipinski definition) is 18. The Morgan fingerprint density at radius 3 is 2.47 bits per heavy atom. The summed E-state index contributed by atoms with van der Waals surface area (Å²) < 4.78 is 49.6. The first kappa shape index (κ1) is 30.6. The zero-order chi connectivity index (χ0) is 31.8. The highest BCUT2D eigenvalue weighted by Crippen LogP contribution is 2.53. The molecule has 3 saturated heterocycles. The van der Waals surface area contributed by atoms with E-state index in [1.807, 2.05) is 0 Å². The molecule has 45 heavy (non-hydrogen) atoms. The number of aromatic nitrogens is 8. The highest BCUT2D eigenvalue weighted by atomic mass is 32.5. The predicted octanol–water partition coefficient (Wildman–Crippen LogP) is -2.23. The van der Waals surface area contributed by atoms with Crippen LogP contribution in [0.3, 0.4) is 0 Å². The molecule has 0 amide bonds. The van der Waals surface area contributed by atoms with Gasteiger partial charge in [0.1, 0.15) is 42.4 Å². The van der Waals surface area contributed by atoms with Crippen molar-refractivity contribution < 1.29 is 52.3 Å². The number of rotatable bonds is 2. The second-order valence-electron chi connectivity index (χ2n) is 10.1. The van der Waals surface area contributed by atoms with E-state index in [-0.39, 0.29) is 34.1 Å². The number of nitrogen functional groups attached to an aromatic ring is 2. The lowest BCUT2D eigenvalue weighted by atomic mass is 10.1. The summed E-state index contributed by atoms with van der Waals surface area (Å²) in [5.74, 6) is -0.191. The normalized spacial score (nSPS) is 37.7. The van der Waals surface area contributed by atoms with Crippen LogP contribution in [0.15, 0.2) is 23.8 Å². The van der Waals surface area contributed by atoms with Crippen molar-refractivity contribution in [2.45, 2.75) is 49.3 Å². The molecular formula is C20H24N10O12P2S. The molecule has 0 radical (unpaired) electrons. The van der Waals surface area contributed by atoms with E-state index in [9.17, 15) is 29.4 Å². The zero-order valence-corrected chi connectivity index (χ0v) is 25.0. The van der Waals surface area contributed by atoms with Crippen molar-refractivity contribution in [3.8, 4) is 0 Å². The lowest BCUT2D eigenvalue weighted by Crippen LogP contribution is -2.35. The van der Waals surface area contributed by atoms with Crippen LogP contribution in [0, 0.1) is 0 Å². The third-order valence-electron chi connectivity index (χ3n) is 7.21. The average molecular weight is 690 g/mol. The van der Waals surface area contributed by atoms with E-state index in [4.69, 9.17) is 51.1 Å². The number of aliphatic hydroxyl groups excluding tert-OH is 2. The number of ether oxygens (including phenoxy) is 3. The van der Waals surface area contributed by atoms with E-state index in [1.54, 1.807) is 0 Å². The number of H-pyrrole nitrogens is 1. The second kappa shape index (κ2) is 11.1. The molecular weight excluding hydrogens is 666 g/mol. The van der Waals surface area contributed by atoms with Crippen LogP contribution in [0.4, 0.5) is 11.8 Å². The van der Waals surface area contributed by atoms with Gasteiger partial charge in [0.05, 0.1) is 19.3 Å². The number of imidazole rings is 2. The van der Waals surface area contributed by atoms with E-state index in [0.29, 0.717) is 0 Å². The van der Waals surface area contributed by atoms with E-state index in [2.05, 4.69) is 29.9 Å². The van der Waals surface area contributed by atoms with Gasteiger partial charge in [0.15, 0.2) is 47.7 Å². The lowest BCUT2D eigenvalue weighted by molar-refractivity contribution is -0.166. The fourth-order valence-electron chi connectivity index (χ4n) is 5.21. The summed E-state index contributed by atoms with van der Waals surface area (Å²) in [5.41, 5.74) is 11.0. The molecule has 0 aliphatic carbocycles. The maximum absolute atomic E-state index is 13.3. The summed E-state index contributed by atoms with van der Waals surface area (Å²) in [5, 5.41) is 22.3. The quantitative estimate of drug-likeness (QED) is 0.109. The fraction of sp³-hybridized carbons (Fsp3) is 0.500. The number of hydrogen-bond donors (Lipinski definition) is 7. The van der Waals surface area contributed by atoms with Gasteiger partial charge >= 0.3 is 14.3 Å². The van der Waals surface area contributed by atoms with Crippen LogP contribution in [0.1, 0.15) is 12.5 Å². The monoisotopic (exact) mass is 690 g/mol. The summed E-state index contributed by atoms with van der Waals surface area (Å²) in [6.07, 6.45) is -9.58. The SMILES string of the molecule is Nc1nc2c(ncn2[C@@H]2O[C@@H]3COP(O)(=S)OC4[C@@H](OCP(=O)(O)O[C@H]2C3O)O[C@@H](n2cnc3c(N)ncnc32)[C@H]4O)c(=O)[nH]1. The van der Waals surface area contributed by atoms with Crippen molar-refractivity contribution in [3.05, 3.63) is 29.3 Å². The van der Waals surface area contributed by atoms with Crippen molar-refractivity contribution in [2.75, 3.05) is 24.4 Å². The molecule has 9 N–H and O–H groups in total. The van der Waals surface area contributed by atoms with Gasteiger partial charge in [-0.1, -0.05) is 0 Å². The predicted molar refractivity (Wildman–Crippen MR) is 150 cm³/mol. The Labute approximate surface area is 254 Å². The van der Waals surface area contributed by atoms with Crippen LogP contribution in [0.5, 0.6) is 0 Å². The molecule has 22 nitrogen and oxygen atoms in total. The molecule has 0 spiro atoms. The highest BCUT2D eigenvalue weighted by Gasteiger charge is 2.53. The van der Waals surface area contributed by atoms with Gasteiger partial charge in [-0.05, 0) is 11.8 Å². The van der Waals surface area contributed by atoms with Crippen LogP contribution in [-0.2, 0) is 44.2 Å². The minimum atomic E-state index is -4.78. The number of aliphatic hydroxyl groups is 2. The number of nitrogens with zero attached hydrogens (tertiary/aromatic N) is 7. The molecule has 0 aromatic carbocycles. The Morgan fingerprint density at radius 2 is 1.69 bits per heavy atom. The van der Waals surface area contributed by atoms with Gasteiger partial charge in [-0.25, -0.2) is 19.9 Å². The maximum atomic E-state index is 13.3. The van der Waals surface area contributed by atoms with Crippen LogP contribution in [-0.4, -0.2) is 109 Å². The Balaban J connectivity index is 1.21. The molecule has 25 heteroatoms. The zero-order valence-electron chi connectivity index (χ0n) is 22.4. The van der Waals surface area contributed by atoms with Gasteiger partial charge in [-0.15, -0.1) is 0 Å². The summed E-state index contributed by atoms with van der Waals surface area (Å²) in [6.45, 7) is -4.86. The third-order valence-corrected chi connectivity index (χ3v) is 9.82. The van der Waals surface area contributed by atoms with Gasteiger partial charge in [-0.2, -0.15) is 4.98 Å². The van der Waals surface area contributed by atoms with Crippen molar-refractivity contribution in [1.82, 2.24) is 39.0 Å². The number of fused-ring (bicyclic) bond motifs is 5. The minimum absolute atomic E-state index is 0.0611. The molecule has 2 bridgehead atoms. The molecule has 4 aromatic rings. The number of aromatic amines is 1. The van der Waals surface area contributed by atoms with E-state index >= 15 is 0 Å². The Bertz CT molecular complexity index is 1940. The van der Waals surface area contributed by atoms with E-state index in [1.165, 1.54) is 21.8 Å². The molecule has 7 rings (SSSR count). The van der Waals surface area contributed by atoms with Crippen molar-refractivity contribution in [1.29, 1.82) is 0 Å². The largest absolute Gasteiger partial charge is 0.387 e. The van der Waals surface area contributed by atoms with Crippen molar-refractivity contribution in [2.24, 2.45) is 0 Å². The number of anilines is 2. The Hall–Kier alpha value is -3.02. The van der Waals surface area contributed by atoms with E-state index in [0.717, 1.165) is 6.33 Å². The second-order valence-corrected chi connectivity index (χ2v) is 14.7. The topological polar surface area (TPSA) is 313 Å². The van der Waals surface area contributed by atoms with E-state index < -0.39 is 82.1 Å². The highest BCUT2D eigenvalue weighted by molar-refractivity contribution is 8.07. The van der Waals surface area contributed by atoms with Gasteiger partial charge in [0.2, 0.25) is 5.95 Å². The van der Waals surface area contributed by atoms with Gasteiger partial charge < -0.3 is 50.2 Å². The van der Waals surface area contributed by atoms with Crippen molar-refractivity contribution in [3.63, 3.8) is 0 Å². The van der Waals surface area contributed by atoms with Crippen LogP contribution < -0.4 is 17.0 Å². The fourth-order valence-corrected chi connectivity index (χ4v) is 7.63. The van der Waals surface area contributed by atoms with Crippen LogP contribution in [0.2, 0.25) is 0 Å². The molecule has 242 valence electrons. The summed E-state index contributed by atoms with van der Waals surface area (Å²) in [6, 6.07) is 0.